The van der Waals surface area contributed by atoms with E-state index < -0.39 is 0 Å². The number of thiophene rings is 1. The molecular formula is C9H12BrN5S. The largest absolute Gasteiger partial charge is 0.311 e. The van der Waals surface area contributed by atoms with Crippen LogP contribution in [0, 0.1) is 0 Å². The van der Waals surface area contributed by atoms with Gasteiger partial charge in [-0.3, -0.25) is 0 Å². The molecule has 0 aliphatic carbocycles. The lowest BCUT2D eigenvalue weighted by Crippen LogP contribution is -2.18. The van der Waals surface area contributed by atoms with Gasteiger partial charge in [0, 0.05) is 14.7 Å². The van der Waals surface area contributed by atoms with E-state index in [2.05, 4.69) is 48.2 Å². The van der Waals surface area contributed by atoms with Crippen molar-refractivity contribution in [2.45, 2.75) is 19.5 Å². The fourth-order valence-corrected chi connectivity index (χ4v) is 2.78. The molecule has 1 unspecified atom stereocenters. The maximum Gasteiger partial charge on any atom is 0.168 e. The second-order valence-corrected chi connectivity index (χ2v) is 5.35. The highest BCUT2D eigenvalue weighted by Crippen LogP contribution is 2.21. The zero-order chi connectivity index (χ0) is 11.5. The average molecular weight is 302 g/mol. The number of rotatable bonds is 4. The number of halogens is 1. The summed E-state index contributed by atoms with van der Waals surface area (Å²) in [7, 11) is 1.89. The van der Waals surface area contributed by atoms with E-state index in [4.69, 9.17) is 0 Å². The summed E-state index contributed by atoms with van der Waals surface area (Å²) in [5.74, 6) is 0.854. The van der Waals surface area contributed by atoms with Crippen LogP contribution in [0.4, 0.5) is 0 Å². The van der Waals surface area contributed by atoms with Crippen LogP contribution >= 0.6 is 27.3 Å². The van der Waals surface area contributed by atoms with Gasteiger partial charge >= 0.3 is 0 Å². The van der Waals surface area contributed by atoms with Gasteiger partial charge in [-0.1, -0.05) is 0 Å². The summed E-state index contributed by atoms with van der Waals surface area (Å²) in [4.78, 5) is 1.23. The van der Waals surface area contributed by atoms with Crippen LogP contribution in [0.2, 0.25) is 0 Å². The predicted octanol–water partition coefficient (Wildman–Crippen LogP) is 1.83. The maximum absolute atomic E-state index is 4.02. The molecule has 5 nitrogen and oxygen atoms in total. The fraction of sp³-hybridized carbons (Fsp3) is 0.444. The molecule has 0 radical (unpaired) electrons. The Balaban J connectivity index is 2.18. The Bertz CT molecular complexity index is 466. The minimum absolute atomic E-state index is 0.151. The van der Waals surface area contributed by atoms with Crippen molar-refractivity contribution in [3.05, 3.63) is 26.6 Å². The van der Waals surface area contributed by atoms with Crippen LogP contribution in [0.15, 0.2) is 15.9 Å². The van der Waals surface area contributed by atoms with Crippen molar-refractivity contribution in [3.8, 4) is 0 Å². The molecule has 0 aromatic carbocycles. The molecule has 0 bridgehead atoms. The Morgan fingerprint density at radius 1 is 1.62 bits per heavy atom. The first-order valence-corrected chi connectivity index (χ1v) is 6.54. The van der Waals surface area contributed by atoms with Crippen LogP contribution < -0.4 is 5.32 Å². The standard InChI is InChI=1S/C9H12BrN5S/c1-6(11-2)9-12-13-14-15(9)4-8-3-7(10)5-16-8/h3,5-6,11H,4H2,1-2H3. The highest BCUT2D eigenvalue weighted by molar-refractivity contribution is 9.10. The van der Waals surface area contributed by atoms with Crippen molar-refractivity contribution >= 4 is 27.3 Å². The average Bonchev–Trinajstić information content (AvgIpc) is 2.87. The number of nitrogens with zero attached hydrogens (tertiary/aromatic N) is 4. The molecule has 0 aliphatic heterocycles. The summed E-state index contributed by atoms with van der Waals surface area (Å²) in [6.07, 6.45) is 0. The normalized spacial score (nSPS) is 12.9. The van der Waals surface area contributed by atoms with E-state index >= 15 is 0 Å². The number of tetrazole rings is 1. The molecule has 86 valence electrons. The highest BCUT2D eigenvalue weighted by atomic mass is 79.9. The van der Waals surface area contributed by atoms with Gasteiger partial charge in [-0.25, -0.2) is 4.68 Å². The Labute approximate surface area is 106 Å². The molecular weight excluding hydrogens is 290 g/mol. The molecule has 1 atom stereocenters. The molecule has 2 rings (SSSR count). The number of nitrogens with one attached hydrogen (secondary N) is 1. The Kier molecular flexibility index (Phi) is 3.67. The topological polar surface area (TPSA) is 55.6 Å². The van der Waals surface area contributed by atoms with Crippen molar-refractivity contribution in [1.82, 2.24) is 25.5 Å². The van der Waals surface area contributed by atoms with Gasteiger partial charge in [-0.05, 0) is 46.4 Å². The molecule has 0 spiro atoms. The molecule has 0 amide bonds. The SMILES string of the molecule is CNC(C)c1nnnn1Cc1cc(Br)cs1. The first kappa shape index (κ1) is 11.7. The Morgan fingerprint density at radius 3 is 3.06 bits per heavy atom. The summed E-state index contributed by atoms with van der Waals surface area (Å²) in [5, 5.41) is 16.9. The van der Waals surface area contributed by atoms with E-state index in [1.165, 1.54) is 4.88 Å². The molecule has 1 N–H and O–H groups in total. The van der Waals surface area contributed by atoms with E-state index in [0.717, 1.165) is 10.3 Å². The van der Waals surface area contributed by atoms with E-state index in [9.17, 15) is 0 Å². The lowest BCUT2D eigenvalue weighted by atomic mass is 10.3. The van der Waals surface area contributed by atoms with Gasteiger partial charge in [0.2, 0.25) is 0 Å². The van der Waals surface area contributed by atoms with Gasteiger partial charge < -0.3 is 5.32 Å². The van der Waals surface area contributed by atoms with Gasteiger partial charge in [0.05, 0.1) is 12.6 Å². The van der Waals surface area contributed by atoms with Crippen molar-refractivity contribution in [2.24, 2.45) is 0 Å². The van der Waals surface area contributed by atoms with Crippen LogP contribution in [0.3, 0.4) is 0 Å². The number of aromatic nitrogens is 4. The lowest BCUT2D eigenvalue weighted by Gasteiger charge is -2.09. The third kappa shape index (κ3) is 2.47. The first-order valence-electron chi connectivity index (χ1n) is 4.87. The van der Waals surface area contributed by atoms with E-state index in [0.29, 0.717) is 6.54 Å². The minimum atomic E-state index is 0.151. The van der Waals surface area contributed by atoms with Crippen LogP contribution in [0.25, 0.3) is 0 Å². The molecule has 0 fully saturated rings. The maximum atomic E-state index is 4.02. The third-order valence-electron chi connectivity index (χ3n) is 2.31. The third-order valence-corrected chi connectivity index (χ3v) is 3.99. The number of hydrogen-bond donors (Lipinski definition) is 1. The predicted molar refractivity (Wildman–Crippen MR) is 66.4 cm³/mol. The fourth-order valence-electron chi connectivity index (χ4n) is 1.35. The van der Waals surface area contributed by atoms with Crippen molar-refractivity contribution in [2.75, 3.05) is 7.05 Å². The minimum Gasteiger partial charge on any atom is -0.311 e. The molecule has 0 saturated heterocycles. The van der Waals surface area contributed by atoms with Gasteiger partial charge in [-0.2, -0.15) is 0 Å². The summed E-state index contributed by atoms with van der Waals surface area (Å²) < 4.78 is 2.92. The van der Waals surface area contributed by atoms with E-state index in [1.807, 2.05) is 18.7 Å². The molecule has 2 aromatic rings. The van der Waals surface area contributed by atoms with Crippen LogP contribution in [0.5, 0.6) is 0 Å². The van der Waals surface area contributed by atoms with E-state index in [-0.39, 0.29) is 6.04 Å². The lowest BCUT2D eigenvalue weighted by molar-refractivity contribution is 0.542. The van der Waals surface area contributed by atoms with Crippen LogP contribution in [-0.2, 0) is 6.54 Å². The van der Waals surface area contributed by atoms with E-state index in [1.54, 1.807) is 11.3 Å². The highest BCUT2D eigenvalue weighted by Gasteiger charge is 2.13. The monoisotopic (exact) mass is 301 g/mol. The van der Waals surface area contributed by atoms with Gasteiger partial charge in [0.15, 0.2) is 5.82 Å². The van der Waals surface area contributed by atoms with Gasteiger partial charge in [0.1, 0.15) is 0 Å². The second kappa shape index (κ2) is 5.03. The number of hydrogen-bond acceptors (Lipinski definition) is 5. The Hall–Kier alpha value is -0.790. The van der Waals surface area contributed by atoms with Gasteiger partial charge in [-0.15, -0.1) is 16.4 Å². The summed E-state index contributed by atoms with van der Waals surface area (Å²) in [6, 6.07) is 2.23. The van der Waals surface area contributed by atoms with Crippen molar-refractivity contribution in [3.63, 3.8) is 0 Å². The van der Waals surface area contributed by atoms with Crippen LogP contribution in [-0.4, -0.2) is 27.3 Å². The summed E-state index contributed by atoms with van der Waals surface area (Å²) in [6.45, 7) is 2.75. The molecule has 0 saturated carbocycles. The zero-order valence-electron chi connectivity index (χ0n) is 9.01. The molecule has 7 heteroatoms. The summed E-state index contributed by atoms with van der Waals surface area (Å²) >= 11 is 5.13. The smallest absolute Gasteiger partial charge is 0.168 e. The molecule has 2 heterocycles. The van der Waals surface area contributed by atoms with Crippen LogP contribution in [0.1, 0.15) is 23.7 Å². The molecule has 0 aliphatic rings. The first-order chi connectivity index (χ1) is 7.70. The summed E-state index contributed by atoms with van der Waals surface area (Å²) in [5.41, 5.74) is 0. The van der Waals surface area contributed by atoms with Gasteiger partial charge in [0.25, 0.3) is 0 Å². The Morgan fingerprint density at radius 2 is 2.44 bits per heavy atom. The quantitative estimate of drug-likeness (QED) is 0.936. The van der Waals surface area contributed by atoms with Crippen molar-refractivity contribution < 1.29 is 0 Å². The zero-order valence-corrected chi connectivity index (χ0v) is 11.4. The second-order valence-electron chi connectivity index (χ2n) is 3.44. The molecule has 16 heavy (non-hydrogen) atoms. The van der Waals surface area contributed by atoms with Crippen molar-refractivity contribution in [1.29, 1.82) is 0 Å². The molecule has 2 aromatic heterocycles.